The van der Waals surface area contributed by atoms with Crippen LogP contribution in [0.3, 0.4) is 0 Å². The second-order valence-corrected chi connectivity index (χ2v) is 8.71. The molecule has 4 rings (SSSR count). The second-order valence-electron chi connectivity index (χ2n) is 6.69. The van der Waals surface area contributed by atoms with E-state index in [-0.39, 0.29) is 11.9 Å². The number of ether oxygens (including phenoxy) is 2. The zero-order valence-corrected chi connectivity index (χ0v) is 15.4. The van der Waals surface area contributed by atoms with Crippen molar-refractivity contribution in [3.8, 4) is 0 Å². The quantitative estimate of drug-likeness (QED) is 0.778. The van der Waals surface area contributed by atoms with Gasteiger partial charge in [0.2, 0.25) is 10.0 Å². The number of fused-ring (bicyclic) bond motifs is 1. The molecule has 26 heavy (non-hydrogen) atoms. The van der Waals surface area contributed by atoms with Crippen LogP contribution in [0.2, 0.25) is 0 Å². The van der Waals surface area contributed by atoms with Crippen molar-refractivity contribution in [3.05, 3.63) is 53.3 Å². The van der Waals surface area contributed by atoms with E-state index in [4.69, 9.17) is 9.47 Å². The molecule has 1 atom stereocenters. The molecular weight excluding hydrogens is 354 g/mol. The first-order valence-electron chi connectivity index (χ1n) is 8.87. The lowest BCUT2D eigenvalue weighted by Crippen LogP contribution is -2.44. The summed E-state index contributed by atoms with van der Waals surface area (Å²) in [4.78, 5) is 0. The van der Waals surface area contributed by atoms with E-state index in [0.717, 1.165) is 17.8 Å². The Kier molecular flexibility index (Phi) is 5.08. The highest BCUT2D eigenvalue weighted by atomic mass is 32.2. The normalized spacial score (nSPS) is 21.5. The van der Waals surface area contributed by atoms with Gasteiger partial charge in [0.05, 0.1) is 56.2 Å². The van der Waals surface area contributed by atoms with Gasteiger partial charge in [0.25, 0.3) is 0 Å². The first-order chi connectivity index (χ1) is 12.6. The maximum Gasteiger partial charge on any atom is 0.217 e. The molecule has 2 aliphatic rings. The number of aromatic nitrogens is 2. The van der Waals surface area contributed by atoms with Gasteiger partial charge in [-0.3, -0.25) is 4.68 Å². The van der Waals surface area contributed by atoms with Gasteiger partial charge >= 0.3 is 0 Å². The zero-order valence-electron chi connectivity index (χ0n) is 14.6. The number of rotatable bonds is 5. The highest BCUT2D eigenvalue weighted by molar-refractivity contribution is 7.89. The van der Waals surface area contributed by atoms with Gasteiger partial charge in [0, 0.05) is 13.0 Å². The lowest BCUT2D eigenvalue weighted by atomic mass is 10.1. The maximum absolute atomic E-state index is 12.7. The molecule has 1 unspecified atom stereocenters. The third-order valence-corrected chi connectivity index (χ3v) is 6.61. The largest absolute Gasteiger partial charge is 0.376 e. The summed E-state index contributed by atoms with van der Waals surface area (Å²) >= 11 is 0. The molecular formula is C18H23N3O4S. The fourth-order valence-corrected chi connectivity index (χ4v) is 4.97. The first kappa shape index (κ1) is 17.7. The Morgan fingerprint density at radius 1 is 1.15 bits per heavy atom. The standard InChI is InChI=1S/C18H23N3O4S/c22-26(23,14-18-13-24-8-9-25-18)20-6-7-21-17(12-20)11-16(19-21)10-15-4-2-1-3-5-15/h1-5,11,18H,6-10,12-14H2. The van der Waals surface area contributed by atoms with Crippen molar-refractivity contribution in [1.29, 1.82) is 0 Å². The van der Waals surface area contributed by atoms with E-state index in [1.54, 1.807) is 0 Å². The summed E-state index contributed by atoms with van der Waals surface area (Å²) in [6.07, 6.45) is 0.370. The van der Waals surface area contributed by atoms with E-state index in [1.165, 1.54) is 9.87 Å². The van der Waals surface area contributed by atoms with Gasteiger partial charge in [-0.1, -0.05) is 30.3 Å². The van der Waals surface area contributed by atoms with Crippen molar-refractivity contribution in [2.45, 2.75) is 25.6 Å². The number of sulfonamides is 1. The Labute approximate surface area is 153 Å². The number of benzene rings is 1. The van der Waals surface area contributed by atoms with Gasteiger partial charge in [-0.15, -0.1) is 0 Å². The molecule has 2 aliphatic heterocycles. The number of nitrogens with zero attached hydrogens (tertiary/aromatic N) is 3. The van der Waals surface area contributed by atoms with E-state index in [0.29, 0.717) is 39.5 Å². The molecule has 0 N–H and O–H groups in total. The van der Waals surface area contributed by atoms with Crippen LogP contribution in [0, 0.1) is 0 Å². The van der Waals surface area contributed by atoms with E-state index in [2.05, 4.69) is 17.2 Å². The van der Waals surface area contributed by atoms with Crippen molar-refractivity contribution in [2.24, 2.45) is 0 Å². The molecule has 2 aromatic rings. The minimum atomic E-state index is -3.39. The Bertz CT molecular complexity index is 845. The topological polar surface area (TPSA) is 73.7 Å². The predicted molar refractivity (Wildman–Crippen MR) is 96.2 cm³/mol. The maximum atomic E-state index is 12.7. The lowest BCUT2D eigenvalue weighted by Gasteiger charge is -2.29. The Hall–Kier alpha value is -1.74. The molecule has 3 heterocycles. The predicted octanol–water partition coefficient (Wildman–Crippen LogP) is 1.03. The summed E-state index contributed by atoms with van der Waals surface area (Å²) in [5.41, 5.74) is 3.10. The smallest absolute Gasteiger partial charge is 0.217 e. The van der Waals surface area contributed by atoms with E-state index < -0.39 is 10.0 Å². The molecule has 1 aromatic heterocycles. The molecule has 8 heteroatoms. The highest BCUT2D eigenvalue weighted by Crippen LogP contribution is 2.20. The average Bonchev–Trinajstić information content (AvgIpc) is 3.04. The van der Waals surface area contributed by atoms with Gasteiger partial charge in [0.1, 0.15) is 0 Å². The van der Waals surface area contributed by atoms with Crippen molar-refractivity contribution >= 4 is 10.0 Å². The van der Waals surface area contributed by atoms with Crippen LogP contribution in [0.5, 0.6) is 0 Å². The van der Waals surface area contributed by atoms with Gasteiger partial charge in [-0.25, -0.2) is 8.42 Å². The molecule has 0 spiro atoms. The van der Waals surface area contributed by atoms with Crippen LogP contribution in [0.4, 0.5) is 0 Å². The van der Waals surface area contributed by atoms with Crippen LogP contribution in [0.1, 0.15) is 17.0 Å². The zero-order chi connectivity index (χ0) is 18.0. The third kappa shape index (κ3) is 3.98. The van der Waals surface area contributed by atoms with E-state index >= 15 is 0 Å². The summed E-state index contributed by atoms with van der Waals surface area (Å²) in [5, 5.41) is 4.63. The van der Waals surface area contributed by atoms with Gasteiger partial charge in [-0.05, 0) is 11.6 Å². The third-order valence-electron chi connectivity index (χ3n) is 4.72. The van der Waals surface area contributed by atoms with Gasteiger partial charge in [0.15, 0.2) is 0 Å². The number of hydrogen-bond acceptors (Lipinski definition) is 5. The fourth-order valence-electron chi connectivity index (χ4n) is 3.40. The van der Waals surface area contributed by atoms with Gasteiger partial charge in [-0.2, -0.15) is 9.40 Å². The summed E-state index contributed by atoms with van der Waals surface area (Å²) in [6.45, 7) is 2.70. The van der Waals surface area contributed by atoms with Crippen molar-refractivity contribution in [2.75, 3.05) is 32.1 Å². The van der Waals surface area contributed by atoms with Crippen LogP contribution < -0.4 is 0 Å². The molecule has 7 nitrogen and oxygen atoms in total. The Balaban J connectivity index is 1.43. The molecule has 0 saturated carbocycles. The van der Waals surface area contributed by atoms with Crippen LogP contribution in [0.15, 0.2) is 36.4 Å². The lowest BCUT2D eigenvalue weighted by molar-refractivity contribution is -0.0785. The molecule has 1 aromatic carbocycles. The molecule has 1 saturated heterocycles. The Morgan fingerprint density at radius 2 is 2.00 bits per heavy atom. The molecule has 1 fully saturated rings. The number of hydrogen-bond donors (Lipinski definition) is 0. The van der Waals surface area contributed by atoms with E-state index in [1.807, 2.05) is 28.9 Å². The summed E-state index contributed by atoms with van der Waals surface area (Å²) < 4.78 is 39.7. The monoisotopic (exact) mass is 377 g/mol. The van der Waals surface area contributed by atoms with E-state index in [9.17, 15) is 8.42 Å². The summed E-state index contributed by atoms with van der Waals surface area (Å²) in [6, 6.07) is 12.2. The molecule has 0 amide bonds. The second kappa shape index (κ2) is 7.48. The molecule has 140 valence electrons. The highest BCUT2D eigenvalue weighted by Gasteiger charge is 2.31. The molecule has 0 aliphatic carbocycles. The summed E-state index contributed by atoms with van der Waals surface area (Å²) in [5.74, 6) is -0.0298. The van der Waals surface area contributed by atoms with Crippen LogP contribution in [-0.4, -0.2) is 60.7 Å². The minimum absolute atomic E-state index is 0.0298. The van der Waals surface area contributed by atoms with Crippen molar-refractivity contribution in [3.63, 3.8) is 0 Å². The molecule has 0 bridgehead atoms. The van der Waals surface area contributed by atoms with Crippen LogP contribution >= 0.6 is 0 Å². The van der Waals surface area contributed by atoms with Crippen molar-refractivity contribution in [1.82, 2.24) is 14.1 Å². The average molecular weight is 377 g/mol. The summed E-state index contributed by atoms with van der Waals surface area (Å²) in [7, 11) is -3.39. The van der Waals surface area contributed by atoms with Crippen LogP contribution in [-0.2, 0) is 39.0 Å². The minimum Gasteiger partial charge on any atom is -0.376 e. The first-order valence-corrected chi connectivity index (χ1v) is 10.5. The Morgan fingerprint density at radius 3 is 2.77 bits per heavy atom. The van der Waals surface area contributed by atoms with Crippen LogP contribution in [0.25, 0.3) is 0 Å². The fraction of sp³-hybridized carbons (Fsp3) is 0.500. The SMILES string of the molecule is O=S(=O)(CC1COCCO1)N1CCn2nc(Cc3ccccc3)cc2C1. The van der Waals surface area contributed by atoms with Gasteiger partial charge < -0.3 is 9.47 Å². The molecule has 0 radical (unpaired) electrons. The van der Waals surface area contributed by atoms with Crippen molar-refractivity contribution < 1.29 is 17.9 Å².